The van der Waals surface area contributed by atoms with Crippen LogP contribution in [0.2, 0.25) is 10.2 Å². The van der Waals surface area contributed by atoms with Crippen LogP contribution in [-0.2, 0) is 0 Å². The first-order chi connectivity index (χ1) is 5.61. The molecular weight excluding hydrogens is 213 g/mol. The third kappa shape index (κ3) is 2.54. The molecule has 1 heterocycles. The highest BCUT2D eigenvalue weighted by Crippen LogP contribution is 2.33. The van der Waals surface area contributed by atoms with E-state index in [-0.39, 0.29) is 0 Å². The maximum Gasteiger partial charge on any atom is 0.148 e. The quantitative estimate of drug-likeness (QED) is 0.556. The van der Waals surface area contributed by atoms with Gasteiger partial charge in [-0.15, -0.1) is 11.8 Å². The van der Waals surface area contributed by atoms with Gasteiger partial charge in [0.15, 0.2) is 0 Å². The molecule has 1 aromatic heterocycles. The van der Waals surface area contributed by atoms with E-state index < -0.39 is 0 Å². The third-order valence-electron chi connectivity index (χ3n) is 1.17. The van der Waals surface area contributed by atoms with Crippen molar-refractivity contribution < 1.29 is 0 Å². The Morgan fingerprint density at radius 1 is 1.42 bits per heavy atom. The van der Waals surface area contributed by atoms with Gasteiger partial charge in [0, 0.05) is 16.3 Å². The summed E-state index contributed by atoms with van der Waals surface area (Å²) in [6.45, 7) is 4.21. The van der Waals surface area contributed by atoms with E-state index in [2.05, 4.69) is 18.8 Å². The predicted octanol–water partition coefficient (Wildman–Crippen LogP) is 3.89. The molecule has 0 N–H and O–H groups in total. The molecule has 0 radical (unpaired) electrons. The van der Waals surface area contributed by atoms with Gasteiger partial charge < -0.3 is 0 Å². The smallest absolute Gasteiger partial charge is 0.148 e. The van der Waals surface area contributed by atoms with Gasteiger partial charge in [0.05, 0.1) is 5.02 Å². The van der Waals surface area contributed by atoms with Gasteiger partial charge in [-0.2, -0.15) is 0 Å². The van der Waals surface area contributed by atoms with Crippen LogP contribution in [0, 0.1) is 0 Å². The maximum absolute atomic E-state index is 5.92. The van der Waals surface area contributed by atoms with Crippen molar-refractivity contribution >= 4 is 35.0 Å². The number of nitrogens with zero attached hydrogens (tertiary/aromatic N) is 1. The minimum absolute atomic E-state index is 0.377. The van der Waals surface area contributed by atoms with Gasteiger partial charge in [0.2, 0.25) is 0 Å². The Kier molecular flexibility index (Phi) is 3.69. The molecule has 0 fully saturated rings. The molecule has 0 atom stereocenters. The van der Waals surface area contributed by atoms with Crippen molar-refractivity contribution in [2.45, 2.75) is 24.0 Å². The molecule has 66 valence electrons. The van der Waals surface area contributed by atoms with Crippen LogP contribution in [-0.4, -0.2) is 10.2 Å². The number of pyridine rings is 1. The fraction of sp³-hybridized carbons (Fsp3) is 0.375. The summed E-state index contributed by atoms with van der Waals surface area (Å²) in [6.07, 6.45) is 1.67. The lowest BCUT2D eigenvalue weighted by Crippen LogP contribution is -1.87. The molecule has 0 aliphatic carbocycles. The van der Waals surface area contributed by atoms with E-state index in [0.717, 1.165) is 4.90 Å². The van der Waals surface area contributed by atoms with Crippen LogP contribution in [0.3, 0.4) is 0 Å². The van der Waals surface area contributed by atoms with Crippen LogP contribution < -0.4 is 0 Å². The molecular formula is C8H9Cl2NS. The SMILES string of the molecule is CC(C)Sc1ccnc(Cl)c1Cl. The molecule has 12 heavy (non-hydrogen) atoms. The van der Waals surface area contributed by atoms with E-state index in [9.17, 15) is 0 Å². The minimum Gasteiger partial charge on any atom is -0.243 e. The average Bonchev–Trinajstić information content (AvgIpc) is 1.98. The Labute approximate surface area is 86.5 Å². The first-order valence-corrected chi connectivity index (χ1v) is 5.21. The van der Waals surface area contributed by atoms with E-state index in [4.69, 9.17) is 23.2 Å². The van der Waals surface area contributed by atoms with Crippen LogP contribution >= 0.6 is 35.0 Å². The van der Waals surface area contributed by atoms with Gasteiger partial charge in [-0.3, -0.25) is 0 Å². The van der Waals surface area contributed by atoms with Crippen LogP contribution in [0.5, 0.6) is 0 Å². The molecule has 0 amide bonds. The molecule has 4 heteroatoms. The standard InChI is InChI=1S/C8H9Cl2NS/c1-5(2)12-6-3-4-11-8(10)7(6)9/h3-5H,1-2H3. The lowest BCUT2D eigenvalue weighted by molar-refractivity contribution is 1.11. The van der Waals surface area contributed by atoms with Gasteiger partial charge in [0.25, 0.3) is 0 Å². The number of thioether (sulfide) groups is 1. The number of rotatable bonds is 2. The van der Waals surface area contributed by atoms with Gasteiger partial charge in [-0.1, -0.05) is 37.0 Å². The Balaban J connectivity index is 2.92. The van der Waals surface area contributed by atoms with Gasteiger partial charge >= 0.3 is 0 Å². The van der Waals surface area contributed by atoms with Crippen molar-refractivity contribution in [3.05, 3.63) is 22.4 Å². The molecule has 0 saturated carbocycles. The zero-order valence-corrected chi connectivity index (χ0v) is 9.17. The van der Waals surface area contributed by atoms with E-state index in [1.807, 2.05) is 6.07 Å². The summed E-state index contributed by atoms with van der Waals surface area (Å²) >= 11 is 13.3. The van der Waals surface area contributed by atoms with Crippen molar-refractivity contribution in [3.63, 3.8) is 0 Å². The summed E-state index contributed by atoms with van der Waals surface area (Å²) in [5.74, 6) is 0. The molecule has 0 bridgehead atoms. The molecule has 0 aromatic carbocycles. The van der Waals surface area contributed by atoms with Gasteiger partial charge in [0.1, 0.15) is 5.15 Å². The Bertz CT molecular complexity index is 276. The zero-order chi connectivity index (χ0) is 9.14. The van der Waals surface area contributed by atoms with Crippen molar-refractivity contribution in [1.29, 1.82) is 0 Å². The summed E-state index contributed by atoms with van der Waals surface area (Å²) < 4.78 is 0. The van der Waals surface area contributed by atoms with Gasteiger partial charge in [-0.05, 0) is 6.07 Å². The van der Waals surface area contributed by atoms with Gasteiger partial charge in [-0.25, -0.2) is 4.98 Å². The Morgan fingerprint density at radius 2 is 2.08 bits per heavy atom. The van der Waals surface area contributed by atoms with Crippen molar-refractivity contribution in [2.75, 3.05) is 0 Å². The third-order valence-corrected chi connectivity index (χ3v) is 3.12. The number of halogens is 2. The largest absolute Gasteiger partial charge is 0.243 e. The second-order valence-electron chi connectivity index (χ2n) is 2.58. The van der Waals surface area contributed by atoms with Crippen LogP contribution in [0.1, 0.15) is 13.8 Å². The summed E-state index contributed by atoms with van der Waals surface area (Å²) in [6, 6.07) is 1.87. The second kappa shape index (κ2) is 4.35. The zero-order valence-electron chi connectivity index (χ0n) is 6.84. The summed E-state index contributed by atoms with van der Waals surface area (Å²) in [5, 5.41) is 1.43. The first kappa shape index (κ1) is 10.2. The van der Waals surface area contributed by atoms with Crippen LogP contribution in [0.15, 0.2) is 17.2 Å². The Morgan fingerprint density at radius 3 is 2.67 bits per heavy atom. The minimum atomic E-state index is 0.377. The fourth-order valence-electron chi connectivity index (χ4n) is 0.747. The van der Waals surface area contributed by atoms with E-state index in [1.165, 1.54) is 0 Å². The lowest BCUT2D eigenvalue weighted by atomic mass is 10.5. The molecule has 0 aliphatic heterocycles. The first-order valence-electron chi connectivity index (χ1n) is 3.58. The topological polar surface area (TPSA) is 12.9 Å². The molecule has 0 saturated heterocycles. The number of hydrogen-bond acceptors (Lipinski definition) is 2. The molecule has 0 spiro atoms. The van der Waals surface area contributed by atoms with Crippen LogP contribution in [0.25, 0.3) is 0 Å². The lowest BCUT2D eigenvalue weighted by Gasteiger charge is -2.06. The van der Waals surface area contributed by atoms with Crippen molar-refractivity contribution in [1.82, 2.24) is 4.98 Å². The highest BCUT2D eigenvalue weighted by Gasteiger charge is 2.06. The summed E-state index contributed by atoms with van der Waals surface area (Å²) in [7, 11) is 0. The average molecular weight is 222 g/mol. The normalized spacial score (nSPS) is 10.8. The molecule has 1 aromatic rings. The molecule has 1 nitrogen and oxygen atoms in total. The second-order valence-corrected chi connectivity index (χ2v) is 4.93. The molecule has 0 aliphatic rings. The summed E-state index contributed by atoms with van der Waals surface area (Å²) in [4.78, 5) is 4.86. The predicted molar refractivity (Wildman–Crippen MR) is 55.3 cm³/mol. The van der Waals surface area contributed by atoms with Crippen molar-refractivity contribution in [2.24, 2.45) is 0 Å². The summed E-state index contributed by atoms with van der Waals surface area (Å²) in [5.41, 5.74) is 0. The van der Waals surface area contributed by atoms with Crippen molar-refractivity contribution in [3.8, 4) is 0 Å². The number of aromatic nitrogens is 1. The highest BCUT2D eigenvalue weighted by molar-refractivity contribution is 8.00. The Hall–Kier alpha value is 0.0800. The fourth-order valence-corrected chi connectivity index (χ4v) is 2.05. The number of hydrogen-bond donors (Lipinski definition) is 0. The molecule has 1 rings (SSSR count). The van der Waals surface area contributed by atoms with E-state index >= 15 is 0 Å². The van der Waals surface area contributed by atoms with E-state index in [0.29, 0.717) is 15.4 Å². The monoisotopic (exact) mass is 221 g/mol. The maximum atomic E-state index is 5.92. The molecule has 0 unspecified atom stereocenters. The van der Waals surface area contributed by atoms with Crippen LogP contribution in [0.4, 0.5) is 0 Å². The van der Waals surface area contributed by atoms with E-state index in [1.54, 1.807) is 18.0 Å². The highest BCUT2D eigenvalue weighted by atomic mass is 35.5.